The highest BCUT2D eigenvalue weighted by molar-refractivity contribution is 5.71. The Morgan fingerprint density at radius 2 is 0.612 bits per heavy atom. The summed E-state index contributed by atoms with van der Waals surface area (Å²) in [6.07, 6.45) is 74.4. The number of rotatable bonds is 48. The Morgan fingerprint density at radius 3 is 0.970 bits per heavy atom. The molecule has 0 aliphatic rings. The van der Waals surface area contributed by atoms with E-state index in [2.05, 4.69) is 118 Å². The van der Waals surface area contributed by atoms with E-state index >= 15 is 0 Å². The van der Waals surface area contributed by atoms with Gasteiger partial charge >= 0.3 is 17.9 Å². The number of carbonyl (C=O) groups excluding carboxylic acids is 3. The molecule has 0 aliphatic heterocycles. The summed E-state index contributed by atoms with van der Waals surface area (Å²) < 4.78 is 16.6. The Balaban J connectivity index is 4.03. The molecule has 0 spiro atoms. The van der Waals surface area contributed by atoms with Crippen molar-refractivity contribution in [1.82, 2.24) is 0 Å². The molecule has 0 bridgehead atoms. The number of hydrogen-bond acceptors (Lipinski definition) is 6. The van der Waals surface area contributed by atoms with Gasteiger partial charge in [0, 0.05) is 19.3 Å². The van der Waals surface area contributed by atoms with Crippen molar-refractivity contribution in [2.75, 3.05) is 13.2 Å². The highest BCUT2D eigenvalue weighted by Gasteiger charge is 2.19. The van der Waals surface area contributed by atoms with E-state index in [9.17, 15) is 14.4 Å². The molecule has 1 unspecified atom stereocenters. The average Bonchev–Trinajstić information content (AvgIpc) is 3.33. The molecule has 0 heterocycles. The lowest BCUT2D eigenvalue weighted by Gasteiger charge is -2.18. The zero-order valence-corrected chi connectivity index (χ0v) is 43.4. The van der Waals surface area contributed by atoms with Crippen LogP contribution in [0.2, 0.25) is 0 Å². The Bertz CT molecular complexity index is 1390. The molecular weight excluding hydrogens is 829 g/mol. The zero-order valence-electron chi connectivity index (χ0n) is 43.4. The lowest BCUT2D eigenvalue weighted by Crippen LogP contribution is -2.30. The monoisotopic (exact) mass is 929 g/mol. The summed E-state index contributed by atoms with van der Waals surface area (Å²) >= 11 is 0. The minimum atomic E-state index is -0.811. The van der Waals surface area contributed by atoms with Gasteiger partial charge in [0.15, 0.2) is 6.10 Å². The fraction of sp³-hybridized carbons (Fsp3) is 0.656. The topological polar surface area (TPSA) is 78.9 Å². The van der Waals surface area contributed by atoms with E-state index in [4.69, 9.17) is 14.2 Å². The summed E-state index contributed by atoms with van der Waals surface area (Å²) in [5, 5.41) is 0. The van der Waals surface area contributed by atoms with Crippen molar-refractivity contribution in [2.45, 2.75) is 245 Å². The molecule has 6 heteroatoms. The molecule has 0 aromatic carbocycles. The van der Waals surface area contributed by atoms with Crippen LogP contribution in [0.4, 0.5) is 0 Å². The van der Waals surface area contributed by atoms with Crippen LogP contribution in [-0.2, 0) is 28.6 Å². The van der Waals surface area contributed by atoms with E-state index in [1.807, 2.05) is 12.2 Å². The number of unbranched alkanes of at least 4 members (excludes halogenated alkanes) is 19. The molecule has 1 atom stereocenters. The lowest BCUT2D eigenvalue weighted by atomic mass is 10.0. The first-order valence-corrected chi connectivity index (χ1v) is 27.4. The first-order chi connectivity index (χ1) is 33.0. The number of hydrogen-bond donors (Lipinski definition) is 0. The highest BCUT2D eigenvalue weighted by Crippen LogP contribution is 2.15. The summed E-state index contributed by atoms with van der Waals surface area (Å²) in [7, 11) is 0. The molecule has 0 aromatic rings. The van der Waals surface area contributed by atoms with E-state index in [-0.39, 0.29) is 31.6 Å². The maximum atomic E-state index is 12.7. The third-order valence-electron chi connectivity index (χ3n) is 11.3. The van der Waals surface area contributed by atoms with Crippen molar-refractivity contribution in [1.29, 1.82) is 0 Å². The third kappa shape index (κ3) is 52.9. The molecular formula is C61H100O6. The molecule has 67 heavy (non-hydrogen) atoms. The second-order valence-corrected chi connectivity index (χ2v) is 17.7. The molecule has 0 saturated carbocycles. The van der Waals surface area contributed by atoms with Gasteiger partial charge in [0.05, 0.1) is 0 Å². The second-order valence-electron chi connectivity index (χ2n) is 17.7. The lowest BCUT2D eigenvalue weighted by molar-refractivity contribution is -0.166. The summed E-state index contributed by atoms with van der Waals surface area (Å²) in [5.74, 6) is -1.01. The predicted molar refractivity (Wildman–Crippen MR) is 288 cm³/mol. The molecule has 6 nitrogen and oxygen atoms in total. The van der Waals surface area contributed by atoms with Gasteiger partial charge in [-0.1, -0.05) is 239 Å². The summed E-state index contributed by atoms with van der Waals surface area (Å²) in [6.45, 7) is 6.25. The van der Waals surface area contributed by atoms with E-state index < -0.39 is 12.1 Å². The van der Waals surface area contributed by atoms with E-state index in [0.717, 1.165) is 109 Å². The van der Waals surface area contributed by atoms with Crippen LogP contribution in [0.1, 0.15) is 239 Å². The largest absolute Gasteiger partial charge is 0.462 e. The predicted octanol–water partition coefficient (Wildman–Crippen LogP) is 18.3. The molecule has 0 saturated heterocycles. The van der Waals surface area contributed by atoms with Crippen LogP contribution in [0.5, 0.6) is 0 Å². The van der Waals surface area contributed by atoms with Gasteiger partial charge in [-0.2, -0.15) is 0 Å². The molecule has 0 N–H and O–H groups in total. The van der Waals surface area contributed by atoms with Crippen LogP contribution >= 0.6 is 0 Å². The molecule has 0 aromatic heterocycles. The van der Waals surface area contributed by atoms with Gasteiger partial charge in [-0.25, -0.2) is 0 Å². The second kappa shape index (κ2) is 54.7. The van der Waals surface area contributed by atoms with Gasteiger partial charge in [0.1, 0.15) is 13.2 Å². The molecule has 0 radical (unpaired) electrons. The van der Waals surface area contributed by atoms with Gasteiger partial charge < -0.3 is 14.2 Å². The normalized spacial score (nSPS) is 12.9. The van der Waals surface area contributed by atoms with Gasteiger partial charge in [-0.15, -0.1) is 0 Å². The quantitative estimate of drug-likeness (QED) is 0.0262. The van der Waals surface area contributed by atoms with E-state index in [1.54, 1.807) is 0 Å². The van der Waals surface area contributed by atoms with Crippen LogP contribution in [0.3, 0.4) is 0 Å². The van der Waals surface area contributed by atoms with Crippen LogP contribution in [-0.4, -0.2) is 37.2 Å². The number of ether oxygens (including phenoxy) is 3. The Hall–Kier alpha value is -3.93. The number of carbonyl (C=O) groups is 3. The van der Waals surface area contributed by atoms with Crippen molar-refractivity contribution < 1.29 is 28.6 Å². The maximum Gasteiger partial charge on any atom is 0.306 e. The Morgan fingerprint density at radius 1 is 0.313 bits per heavy atom. The van der Waals surface area contributed by atoms with Crippen LogP contribution in [0.15, 0.2) is 109 Å². The van der Waals surface area contributed by atoms with E-state index in [0.29, 0.717) is 19.3 Å². The smallest absolute Gasteiger partial charge is 0.306 e. The minimum Gasteiger partial charge on any atom is -0.462 e. The van der Waals surface area contributed by atoms with Crippen molar-refractivity contribution in [2.24, 2.45) is 0 Å². The molecule has 0 amide bonds. The molecule has 380 valence electrons. The minimum absolute atomic E-state index is 0.106. The van der Waals surface area contributed by atoms with E-state index in [1.165, 1.54) is 83.5 Å². The first-order valence-electron chi connectivity index (χ1n) is 27.4. The van der Waals surface area contributed by atoms with Crippen molar-refractivity contribution in [3.8, 4) is 0 Å². The standard InChI is InChI=1S/C61H100O6/c1-4-7-10-13-15-17-19-21-22-23-24-25-26-27-28-29-30-31-32-33-34-35-36-37-38-40-41-43-45-48-51-54-60(63)66-57-58(56-65-59(62)53-50-47-12-9-6-3)67-61(64)55-52-49-46-44-42-39-20-18-16-14-11-8-5-2/h7-8,10-11,15-18,21-22,24-25,27-28,39,42,46,49,58H,4-6,9,12-14,19-20,23,26,29-38,40-41,43-45,47-48,50-57H2,1-3H3/b10-7-,11-8-,17-15-,18-16-,22-21-,25-24-,28-27-,42-39-,49-46-. The van der Waals surface area contributed by atoms with Crippen molar-refractivity contribution >= 4 is 17.9 Å². The fourth-order valence-electron chi connectivity index (χ4n) is 7.25. The first kappa shape index (κ1) is 63.1. The highest BCUT2D eigenvalue weighted by atomic mass is 16.6. The Kier molecular flexibility index (Phi) is 51.5. The third-order valence-corrected chi connectivity index (χ3v) is 11.3. The maximum absolute atomic E-state index is 12.7. The van der Waals surface area contributed by atoms with Gasteiger partial charge in [0.25, 0.3) is 0 Å². The molecule has 0 fully saturated rings. The van der Waals surface area contributed by atoms with Gasteiger partial charge in [-0.3, -0.25) is 14.4 Å². The van der Waals surface area contributed by atoms with Crippen molar-refractivity contribution in [3.63, 3.8) is 0 Å². The van der Waals surface area contributed by atoms with Crippen LogP contribution < -0.4 is 0 Å². The van der Waals surface area contributed by atoms with Crippen LogP contribution in [0.25, 0.3) is 0 Å². The Labute approximate surface area is 412 Å². The van der Waals surface area contributed by atoms with Crippen LogP contribution in [0, 0.1) is 0 Å². The average molecular weight is 929 g/mol. The SMILES string of the molecule is CC/C=C\C/C=C\C/C=C\C/C=C\C/C=C\CCCCCCCCCCCCCCCCCC(=O)OCC(COC(=O)CCCCCCC)OC(=O)CC/C=C\C/C=C\C/C=C\C/C=C\CC. The molecule has 0 rings (SSSR count). The molecule has 0 aliphatic carbocycles. The number of esters is 3. The van der Waals surface area contributed by atoms with Gasteiger partial charge in [-0.05, 0) is 89.9 Å². The van der Waals surface area contributed by atoms with Gasteiger partial charge in [0.2, 0.25) is 0 Å². The summed E-state index contributed by atoms with van der Waals surface area (Å²) in [4.78, 5) is 37.6. The number of allylic oxidation sites excluding steroid dienone is 18. The summed E-state index contributed by atoms with van der Waals surface area (Å²) in [5.41, 5.74) is 0. The summed E-state index contributed by atoms with van der Waals surface area (Å²) in [6, 6.07) is 0. The zero-order chi connectivity index (χ0) is 48.6. The van der Waals surface area contributed by atoms with Crippen molar-refractivity contribution in [3.05, 3.63) is 109 Å². The fourth-order valence-corrected chi connectivity index (χ4v) is 7.25.